The molecular formula is C18H24O4P2. The minimum absolute atomic E-state index is 0.0336. The summed E-state index contributed by atoms with van der Waals surface area (Å²) in [7, 11) is -0.0672. The molecule has 0 heterocycles. The highest BCUT2D eigenvalue weighted by Gasteiger charge is 2.01. The maximum absolute atomic E-state index is 5.62. The lowest BCUT2D eigenvalue weighted by Gasteiger charge is -2.10. The Morgan fingerprint density at radius 3 is 1.46 bits per heavy atom. The lowest BCUT2D eigenvalue weighted by Crippen LogP contribution is -1.97. The van der Waals surface area contributed by atoms with Crippen molar-refractivity contribution < 1.29 is 18.1 Å². The molecule has 2 rings (SSSR count). The number of rotatable bonds is 9. The molecule has 24 heavy (non-hydrogen) atoms. The Morgan fingerprint density at radius 2 is 1.08 bits per heavy atom. The average molecular weight is 366 g/mol. The quantitative estimate of drug-likeness (QED) is 0.438. The van der Waals surface area contributed by atoms with Gasteiger partial charge in [-0.15, -0.1) is 0 Å². The third-order valence-electron chi connectivity index (χ3n) is 3.37. The van der Waals surface area contributed by atoms with Crippen molar-refractivity contribution in [1.82, 2.24) is 0 Å². The number of hydrogen-bond acceptors (Lipinski definition) is 4. The van der Waals surface area contributed by atoms with Gasteiger partial charge < -0.3 is 18.1 Å². The van der Waals surface area contributed by atoms with E-state index in [9.17, 15) is 0 Å². The van der Waals surface area contributed by atoms with Gasteiger partial charge in [-0.1, -0.05) is 35.4 Å². The molecule has 0 aliphatic rings. The molecule has 0 fully saturated rings. The molecule has 0 radical (unpaired) electrons. The van der Waals surface area contributed by atoms with Gasteiger partial charge in [0, 0.05) is 0 Å². The second kappa shape index (κ2) is 9.96. The highest BCUT2D eigenvalue weighted by Crippen LogP contribution is 2.27. The van der Waals surface area contributed by atoms with Crippen LogP contribution in [0.15, 0.2) is 36.4 Å². The van der Waals surface area contributed by atoms with Crippen LogP contribution in [0.3, 0.4) is 0 Å². The largest absolute Gasteiger partial charge is 0.449 e. The third kappa shape index (κ3) is 6.37. The first-order valence-electron chi connectivity index (χ1n) is 7.78. The van der Waals surface area contributed by atoms with E-state index in [4.69, 9.17) is 18.1 Å². The lowest BCUT2D eigenvalue weighted by atomic mass is 10.1. The zero-order valence-electron chi connectivity index (χ0n) is 14.5. The van der Waals surface area contributed by atoms with E-state index in [1.165, 1.54) is 11.1 Å². The van der Waals surface area contributed by atoms with Crippen LogP contribution in [0.4, 0.5) is 0 Å². The lowest BCUT2D eigenvalue weighted by molar-refractivity contribution is 0.232. The summed E-state index contributed by atoms with van der Waals surface area (Å²) >= 11 is 0. The van der Waals surface area contributed by atoms with E-state index in [2.05, 4.69) is 26.0 Å². The molecule has 0 amide bonds. The van der Waals surface area contributed by atoms with E-state index in [0.717, 1.165) is 22.6 Å². The molecule has 130 valence electrons. The zero-order chi connectivity index (χ0) is 17.4. The van der Waals surface area contributed by atoms with E-state index in [1.54, 1.807) is 0 Å². The van der Waals surface area contributed by atoms with Crippen molar-refractivity contribution >= 4 is 18.1 Å². The monoisotopic (exact) mass is 366 g/mol. The molecular weight excluding hydrogens is 342 g/mol. The molecule has 2 unspecified atom stereocenters. The normalized spacial score (nSPS) is 11.7. The van der Waals surface area contributed by atoms with Crippen molar-refractivity contribution in [1.29, 1.82) is 0 Å². The Hall–Kier alpha value is -1.18. The summed E-state index contributed by atoms with van der Waals surface area (Å²) in [6, 6.07) is 12.2. The average Bonchev–Trinajstić information content (AvgIpc) is 2.53. The summed E-state index contributed by atoms with van der Waals surface area (Å²) in [5.74, 6) is 1.72. The number of aryl methyl sites for hydroxylation is 4. The van der Waals surface area contributed by atoms with E-state index in [1.807, 2.05) is 38.1 Å². The summed E-state index contributed by atoms with van der Waals surface area (Å²) in [5, 5.41) is 0. The zero-order valence-corrected chi connectivity index (χ0v) is 16.5. The van der Waals surface area contributed by atoms with Crippen molar-refractivity contribution in [2.24, 2.45) is 0 Å². The molecule has 4 nitrogen and oxygen atoms in total. The standard InChI is InChI=1S/C18H24O4P2/c1-13-5-7-17(15(3)11-13)21-23-19-9-10-20-24-22-18-8-6-14(2)12-16(18)4/h5-8,11-12,23-24H,9-10H2,1-4H3. The van der Waals surface area contributed by atoms with Crippen molar-refractivity contribution in [2.75, 3.05) is 13.2 Å². The molecule has 0 aromatic heterocycles. The van der Waals surface area contributed by atoms with Crippen LogP contribution in [0, 0.1) is 27.7 Å². The van der Waals surface area contributed by atoms with Crippen LogP contribution in [-0.2, 0) is 9.05 Å². The van der Waals surface area contributed by atoms with Gasteiger partial charge in [-0.25, -0.2) is 0 Å². The summed E-state index contributed by atoms with van der Waals surface area (Å²) in [6.07, 6.45) is 0. The second-order valence-electron chi connectivity index (χ2n) is 5.61. The third-order valence-corrected chi connectivity index (χ3v) is 4.62. The maximum atomic E-state index is 5.62. The number of hydrogen-bond donors (Lipinski definition) is 0. The van der Waals surface area contributed by atoms with Gasteiger partial charge in [0.2, 0.25) is 18.1 Å². The van der Waals surface area contributed by atoms with Crippen LogP contribution in [0.2, 0.25) is 0 Å². The highest BCUT2D eigenvalue weighted by molar-refractivity contribution is 7.27. The predicted octanol–water partition coefficient (Wildman–Crippen LogP) is 5.43. The first kappa shape index (κ1) is 19.1. The van der Waals surface area contributed by atoms with Gasteiger partial charge in [0.25, 0.3) is 0 Å². The van der Waals surface area contributed by atoms with Crippen LogP contribution in [0.25, 0.3) is 0 Å². The highest BCUT2D eigenvalue weighted by atomic mass is 31.1. The minimum Gasteiger partial charge on any atom is -0.449 e. The molecule has 0 bridgehead atoms. The van der Waals surface area contributed by atoms with E-state index >= 15 is 0 Å². The molecule has 0 N–H and O–H groups in total. The summed E-state index contributed by atoms with van der Waals surface area (Å²) in [5.41, 5.74) is 4.68. The van der Waals surface area contributed by atoms with Crippen LogP contribution in [-0.4, -0.2) is 13.2 Å². The molecule has 6 heteroatoms. The topological polar surface area (TPSA) is 36.9 Å². The Bertz CT molecular complexity index is 604. The number of benzene rings is 2. The SMILES string of the molecule is Cc1ccc(OPOCCOPOc2ccc(C)cc2C)c(C)c1. The molecule has 0 saturated carbocycles. The summed E-state index contributed by atoms with van der Waals surface area (Å²) < 4.78 is 22.1. The predicted molar refractivity (Wildman–Crippen MR) is 102 cm³/mol. The van der Waals surface area contributed by atoms with Crippen LogP contribution in [0.1, 0.15) is 22.3 Å². The van der Waals surface area contributed by atoms with Crippen molar-refractivity contribution in [3.63, 3.8) is 0 Å². The molecule has 2 aromatic carbocycles. The molecule has 0 spiro atoms. The van der Waals surface area contributed by atoms with Gasteiger partial charge in [-0.05, 0) is 51.0 Å². The van der Waals surface area contributed by atoms with Gasteiger partial charge in [-0.2, -0.15) is 0 Å². The Kier molecular flexibility index (Phi) is 7.94. The Labute approximate surface area is 147 Å². The minimum atomic E-state index is -0.0336. The van der Waals surface area contributed by atoms with Crippen molar-refractivity contribution in [2.45, 2.75) is 27.7 Å². The van der Waals surface area contributed by atoms with Crippen molar-refractivity contribution in [3.05, 3.63) is 58.7 Å². The van der Waals surface area contributed by atoms with Crippen LogP contribution >= 0.6 is 18.1 Å². The first-order chi connectivity index (χ1) is 11.6. The molecule has 2 atom stereocenters. The smallest absolute Gasteiger partial charge is 0.215 e. The molecule has 0 saturated heterocycles. The first-order valence-corrected chi connectivity index (χ1v) is 9.41. The fraction of sp³-hybridized carbons (Fsp3) is 0.333. The van der Waals surface area contributed by atoms with Crippen LogP contribution < -0.4 is 9.05 Å². The van der Waals surface area contributed by atoms with Gasteiger partial charge >= 0.3 is 0 Å². The van der Waals surface area contributed by atoms with Gasteiger partial charge in [-0.3, -0.25) is 0 Å². The maximum Gasteiger partial charge on any atom is 0.215 e. The second-order valence-corrected chi connectivity index (χ2v) is 6.92. The fourth-order valence-electron chi connectivity index (χ4n) is 2.14. The van der Waals surface area contributed by atoms with E-state index in [-0.39, 0.29) is 18.1 Å². The Morgan fingerprint density at radius 1 is 0.667 bits per heavy atom. The van der Waals surface area contributed by atoms with E-state index in [0.29, 0.717) is 13.2 Å². The molecule has 2 aromatic rings. The summed E-state index contributed by atoms with van der Waals surface area (Å²) in [6.45, 7) is 9.14. The van der Waals surface area contributed by atoms with Gasteiger partial charge in [0.05, 0.1) is 13.2 Å². The van der Waals surface area contributed by atoms with E-state index < -0.39 is 0 Å². The summed E-state index contributed by atoms with van der Waals surface area (Å²) in [4.78, 5) is 0. The fourth-order valence-corrected chi connectivity index (χ4v) is 3.23. The van der Waals surface area contributed by atoms with Crippen LogP contribution in [0.5, 0.6) is 11.5 Å². The van der Waals surface area contributed by atoms with Crippen molar-refractivity contribution in [3.8, 4) is 11.5 Å². The van der Waals surface area contributed by atoms with Gasteiger partial charge in [0.15, 0.2) is 0 Å². The molecule has 0 aliphatic carbocycles. The van der Waals surface area contributed by atoms with Gasteiger partial charge in [0.1, 0.15) is 11.5 Å². The molecule has 0 aliphatic heterocycles. The Balaban J connectivity index is 1.55.